The average Bonchev–Trinajstić information content (AvgIpc) is 3.38. The molecular formula is C53H65N7O15. The molecule has 0 aliphatic carbocycles. The Morgan fingerprint density at radius 3 is 2.01 bits per heavy atom. The van der Waals surface area contributed by atoms with E-state index in [0.717, 1.165) is 17.0 Å². The smallest absolute Gasteiger partial charge is 0.410 e. The number of benzene rings is 4. The molecule has 0 saturated carbocycles. The van der Waals surface area contributed by atoms with Crippen molar-refractivity contribution >= 4 is 41.3 Å². The second-order valence-corrected chi connectivity index (χ2v) is 18.8. The maximum absolute atomic E-state index is 15.0. The Morgan fingerprint density at radius 2 is 1.49 bits per heavy atom. The molecule has 6 amide bonds. The van der Waals surface area contributed by atoms with Gasteiger partial charge in [0.2, 0.25) is 41.0 Å². The Bertz CT molecular complexity index is 2680. The minimum absolute atomic E-state index is 0.00802. The minimum Gasteiger partial charge on any atom is -0.497 e. The fourth-order valence-electron chi connectivity index (χ4n) is 7.94. The van der Waals surface area contributed by atoms with Crippen molar-refractivity contribution in [2.45, 2.75) is 89.4 Å². The number of likely N-dealkylation sites (N-methyl/N-ethyl adjacent to an activating group) is 2. The molecule has 0 fully saturated rings. The van der Waals surface area contributed by atoms with E-state index in [1.165, 1.54) is 59.7 Å². The van der Waals surface area contributed by atoms with E-state index >= 15 is 0 Å². The van der Waals surface area contributed by atoms with Gasteiger partial charge in [-0.05, 0) is 97.8 Å². The molecule has 6 rings (SSSR count). The van der Waals surface area contributed by atoms with Crippen LogP contribution in [-0.2, 0) is 28.7 Å². The van der Waals surface area contributed by atoms with Crippen molar-refractivity contribution in [3.63, 3.8) is 0 Å². The predicted octanol–water partition coefficient (Wildman–Crippen LogP) is 5.48. The SMILES string of the molecule is C=CCOc1c(OC)cc2cc1Oc1ccc(cc1[N+](=O)[O-])[C@H](O)[C@H](NC(=O)[C@@H](CC(C)C)N(C)C(=O)OC(C)(C)C)C(=O)N[C@H](CC(=O)NC(c1ccc(OC)cc1)c1ccc(OC)cc1)C(=O)N[C@H]2C(=O)NC. The van der Waals surface area contributed by atoms with Crippen LogP contribution in [0.2, 0.25) is 0 Å². The molecular weight excluding hydrogens is 975 g/mol. The molecule has 5 atom stereocenters. The molecule has 22 nitrogen and oxygen atoms in total. The van der Waals surface area contributed by atoms with E-state index < -0.39 is 100 Å². The van der Waals surface area contributed by atoms with Crippen LogP contribution in [0, 0.1) is 16.0 Å². The number of nitrogens with zero attached hydrogens (tertiary/aromatic N) is 2. The van der Waals surface area contributed by atoms with Crippen LogP contribution >= 0.6 is 0 Å². The van der Waals surface area contributed by atoms with E-state index in [0.29, 0.717) is 22.6 Å². The lowest BCUT2D eigenvalue weighted by atomic mass is 9.97. The number of nitro groups is 1. The Hall–Kier alpha value is -8.40. The Balaban J connectivity index is 1.71. The monoisotopic (exact) mass is 1040 g/mol. The summed E-state index contributed by atoms with van der Waals surface area (Å²) in [6.45, 7) is 12.1. The summed E-state index contributed by atoms with van der Waals surface area (Å²) in [4.78, 5) is 99.2. The zero-order valence-corrected chi connectivity index (χ0v) is 43.5. The van der Waals surface area contributed by atoms with Crippen molar-refractivity contribution in [1.29, 1.82) is 0 Å². The number of methoxy groups -OCH3 is 3. The van der Waals surface area contributed by atoms with Gasteiger partial charge in [-0.25, -0.2) is 4.79 Å². The second kappa shape index (κ2) is 25.5. The van der Waals surface area contributed by atoms with Gasteiger partial charge < -0.3 is 60.1 Å². The second-order valence-electron chi connectivity index (χ2n) is 18.8. The van der Waals surface area contributed by atoms with Gasteiger partial charge in [-0.1, -0.05) is 56.8 Å². The van der Waals surface area contributed by atoms with Gasteiger partial charge in [0.1, 0.15) is 54.0 Å². The topological polar surface area (TPSA) is 285 Å². The molecule has 0 aromatic heterocycles. The van der Waals surface area contributed by atoms with Crippen LogP contribution in [0.25, 0.3) is 0 Å². The number of hydrogen-bond acceptors (Lipinski definition) is 15. The fraction of sp³-hybridized carbons (Fsp3) is 0.396. The summed E-state index contributed by atoms with van der Waals surface area (Å²) in [5, 5.41) is 38.1. The summed E-state index contributed by atoms with van der Waals surface area (Å²) < 4.78 is 33.9. The van der Waals surface area contributed by atoms with Crippen LogP contribution in [-0.4, -0.2) is 116 Å². The van der Waals surface area contributed by atoms with Crippen LogP contribution < -0.4 is 50.3 Å². The normalized spacial score (nSPS) is 17.0. The van der Waals surface area contributed by atoms with Crippen LogP contribution in [0.15, 0.2) is 91.5 Å². The highest BCUT2D eigenvalue weighted by molar-refractivity contribution is 5.98. The summed E-state index contributed by atoms with van der Waals surface area (Å²) in [7, 11) is 6.90. The van der Waals surface area contributed by atoms with Crippen LogP contribution in [0.3, 0.4) is 0 Å². The molecule has 0 spiro atoms. The molecule has 4 aromatic rings. The highest BCUT2D eigenvalue weighted by Gasteiger charge is 2.40. The molecule has 4 aromatic carbocycles. The lowest BCUT2D eigenvalue weighted by Gasteiger charge is -2.33. The van der Waals surface area contributed by atoms with Gasteiger partial charge in [0.25, 0.3) is 0 Å². The number of fused-ring (bicyclic) bond motifs is 9. The lowest BCUT2D eigenvalue weighted by Crippen LogP contribution is -2.59. The third kappa shape index (κ3) is 14.9. The number of rotatable bonds is 18. The van der Waals surface area contributed by atoms with Gasteiger partial charge in [0, 0.05) is 20.2 Å². The largest absolute Gasteiger partial charge is 0.497 e. The van der Waals surface area contributed by atoms with Gasteiger partial charge in [0.15, 0.2) is 11.5 Å². The quantitative estimate of drug-likeness (QED) is 0.0409. The first-order valence-electron chi connectivity index (χ1n) is 23.8. The first-order chi connectivity index (χ1) is 35.5. The minimum atomic E-state index is -2.12. The predicted molar refractivity (Wildman–Crippen MR) is 273 cm³/mol. The number of carbonyl (C=O) groups is 6. The lowest BCUT2D eigenvalue weighted by molar-refractivity contribution is -0.385. The van der Waals surface area contributed by atoms with Crippen molar-refractivity contribution in [3.05, 3.63) is 124 Å². The van der Waals surface area contributed by atoms with E-state index in [9.17, 15) is 44.0 Å². The van der Waals surface area contributed by atoms with Crippen LogP contribution in [0.5, 0.6) is 34.5 Å². The number of hydrogen-bond donors (Lipinski definition) is 6. The van der Waals surface area contributed by atoms with Gasteiger partial charge >= 0.3 is 11.8 Å². The van der Waals surface area contributed by atoms with Gasteiger partial charge in [0.05, 0.1) is 38.7 Å². The summed E-state index contributed by atoms with van der Waals surface area (Å²) in [5.74, 6) is -4.83. The molecule has 402 valence electrons. The first-order valence-corrected chi connectivity index (χ1v) is 23.8. The summed E-state index contributed by atoms with van der Waals surface area (Å²) in [6, 6.07) is 11.7. The van der Waals surface area contributed by atoms with E-state index in [1.807, 2.05) is 0 Å². The maximum atomic E-state index is 15.0. The molecule has 75 heavy (non-hydrogen) atoms. The molecule has 0 radical (unpaired) electrons. The summed E-state index contributed by atoms with van der Waals surface area (Å²) in [5.41, 5.74) is -0.801. The molecule has 4 bridgehead atoms. The Kier molecular flexibility index (Phi) is 19.6. The number of amides is 6. The van der Waals surface area contributed by atoms with Gasteiger partial charge in [-0.3, -0.25) is 39.0 Å². The fourth-order valence-corrected chi connectivity index (χ4v) is 7.94. The van der Waals surface area contributed by atoms with E-state index in [4.69, 9.17) is 28.4 Å². The summed E-state index contributed by atoms with van der Waals surface area (Å²) in [6.07, 6.45) is -2.38. The van der Waals surface area contributed by atoms with E-state index in [1.54, 1.807) is 83.1 Å². The number of nitro benzene ring substituents is 1. The van der Waals surface area contributed by atoms with Crippen LogP contribution in [0.1, 0.15) is 87.9 Å². The Labute approximate surface area is 434 Å². The molecule has 0 unspecified atom stereocenters. The van der Waals surface area contributed by atoms with Crippen molar-refractivity contribution in [3.8, 4) is 34.5 Å². The molecule has 0 saturated heterocycles. The zero-order chi connectivity index (χ0) is 55.3. The molecule has 2 aliphatic rings. The molecule has 22 heteroatoms. The van der Waals surface area contributed by atoms with Crippen molar-refractivity contribution < 1.29 is 67.2 Å². The zero-order valence-electron chi connectivity index (χ0n) is 43.5. The highest BCUT2D eigenvalue weighted by Crippen LogP contribution is 2.45. The number of aliphatic hydroxyl groups excluding tert-OH is 1. The molecule has 2 heterocycles. The van der Waals surface area contributed by atoms with Crippen molar-refractivity contribution in [2.24, 2.45) is 5.92 Å². The summed E-state index contributed by atoms with van der Waals surface area (Å²) >= 11 is 0. The molecule has 2 aliphatic heterocycles. The third-order valence-electron chi connectivity index (χ3n) is 11.7. The number of ether oxygens (including phenoxy) is 6. The third-order valence-corrected chi connectivity index (χ3v) is 11.7. The standard InChI is InChI=1S/C53H65N7O15/c1-12-23-73-47-40(72-11)26-33-27-41(47)74-39-22-17-32(25-37(39)60(68)69)46(62)45(58-49(64)38(24-29(2)3)59(8)52(67)75-53(4,5)6)51(66)55-36(48(63)57-44(33)50(65)54-7)28-42(61)56-43(30-13-18-34(70-9)19-14-30)31-15-20-35(71-10)21-16-31/h12-22,25-27,29,36,38,43-46,62H,1,23-24,28H2,2-11H3,(H,54,65)(H,55,66)(H,56,61)(H,57,63)(H,58,64)/t36-,38-,44-,45+,46+/m1/s1. The number of carbonyl (C=O) groups excluding carboxylic acids is 6. The maximum Gasteiger partial charge on any atom is 0.410 e. The average molecular weight is 1040 g/mol. The van der Waals surface area contributed by atoms with Gasteiger partial charge in [-0.15, -0.1) is 0 Å². The highest BCUT2D eigenvalue weighted by atomic mass is 16.6. The van der Waals surface area contributed by atoms with Gasteiger partial charge in [-0.2, -0.15) is 0 Å². The molecule has 6 N–H and O–H groups in total. The van der Waals surface area contributed by atoms with Crippen molar-refractivity contribution in [1.82, 2.24) is 31.5 Å². The van der Waals surface area contributed by atoms with E-state index in [2.05, 4.69) is 33.2 Å². The van der Waals surface area contributed by atoms with Crippen molar-refractivity contribution in [2.75, 3.05) is 42.0 Å². The number of aliphatic hydroxyl groups is 1. The van der Waals surface area contributed by atoms with E-state index in [-0.39, 0.29) is 47.3 Å². The first kappa shape index (κ1) is 57.5. The van der Waals surface area contributed by atoms with Crippen LogP contribution in [0.4, 0.5) is 10.5 Å². The Morgan fingerprint density at radius 1 is 0.880 bits per heavy atom. The number of nitrogens with one attached hydrogen (secondary N) is 5.